The minimum absolute atomic E-state index is 0.458. The molecule has 1 aromatic rings. The maximum Gasteiger partial charge on any atom is 0.123 e. The van der Waals surface area contributed by atoms with Gasteiger partial charge in [0, 0.05) is 19.3 Å². The predicted octanol–water partition coefficient (Wildman–Crippen LogP) is 2.29. The Morgan fingerprint density at radius 3 is 2.88 bits per heavy atom. The molecule has 0 saturated carbocycles. The molecule has 1 aromatic heterocycles. The Balaban J connectivity index is 1.97. The molecule has 3 nitrogen and oxygen atoms in total. The molecule has 16 heavy (non-hydrogen) atoms. The van der Waals surface area contributed by atoms with Gasteiger partial charge in [0.1, 0.15) is 5.82 Å². The Morgan fingerprint density at radius 2 is 2.25 bits per heavy atom. The number of nitrogens with two attached hydrogens (primary N) is 1. The smallest absolute Gasteiger partial charge is 0.123 e. The van der Waals surface area contributed by atoms with Crippen molar-refractivity contribution in [3.63, 3.8) is 0 Å². The fourth-order valence-electron chi connectivity index (χ4n) is 2.47. The van der Waals surface area contributed by atoms with Gasteiger partial charge >= 0.3 is 0 Å². The SMILES string of the molecule is CC1(C)CCCN(Cc2ccc(N)nc2)C1. The summed E-state index contributed by atoms with van der Waals surface area (Å²) in [6.07, 6.45) is 4.52. The molecule has 0 aliphatic carbocycles. The molecule has 1 fully saturated rings. The van der Waals surface area contributed by atoms with Crippen LogP contribution in [0.15, 0.2) is 18.3 Å². The third kappa shape index (κ3) is 2.95. The normalized spacial score (nSPS) is 20.9. The van der Waals surface area contributed by atoms with E-state index in [-0.39, 0.29) is 0 Å². The van der Waals surface area contributed by atoms with Crippen LogP contribution in [0.2, 0.25) is 0 Å². The van der Waals surface area contributed by atoms with Gasteiger partial charge in [0.2, 0.25) is 0 Å². The maximum absolute atomic E-state index is 5.58. The van der Waals surface area contributed by atoms with Gasteiger partial charge in [-0.1, -0.05) is 19.9 Å². The molecule has 0 radical (unpaired) electrons. The van der Waals surface area contributed by atoms with Gasteiger partial charge in [0.25, 0.3) is 0 Å². The molecule has 0 amide bonds. The Hall–Kier alpha value is -1.09. The van der Waals surface area contributed by atoms with Crippen LogP contribution in [-0.4, -0.2) is 23.0 Å². The quantitative estimate of drug-likeness (QED) is 0.829. The standard InChI is InChI=1S/C13H21N3/c1-13(2)6-3-7-16(10-13)9-11-4-5-12(14)15-8-11/h4-5,8H,3,6-7,9-10H2,1-2H3,(H2,14,15). The van der Waals surface area contributed by atoms with E-state index in [1.165, 1.54) is 31.5 Å². The molecular formula is C13H21N3. The molecule has 1 aliphatic heterocycles. The highest BCUT2D eigenvalue weighted by Crippen LogP contribution is 2.29. The molecule has 2 N–H and O–H groups in total. The fraction of sp³-hybridized carbons (Fsp3) is 0.615. The lowest BCUT2D eigenvalue weighted by molar-refractivity contribution is 0.111. The molecule has 0 spiro atoms. The molecule has 2 rings (SSSR count). The van der Waals surface area contributed by atoms with Crippen molar-refractivity contribution in [2.24, 2.45) is 5.41 Å². The number of likely N-dealkylation sites (tertiary alicyclic amines) is 1. The Morgan fingerprint density at radius 1 is 1.44 bits per heavy atom. The van der Waals surface area contributed by atoms with Crippen molar-refractivity contribution >= 4 is 5.82 Å². The molecule has 2 heterocycles. The van der Waals surface area contributed by atoms with Crippen molar-refractivity contribution in [3.05, 3.63) is 23.9 Å². The van der Waals surface area contributed by atoms with Crippen molar-refractivity contribution in [1.82, 2.24) is 9.88 Å². The second-order valence-electron chi connectivity index (χ2n) is 5.57. The lowest BCUT2D eigenvalue weighted by Gasteiger charge is -2.38. The third-order valence-corrected chi connectivity index (χ3v) is 3.23. The van der Waals surface area contributed by atoms with Crippen LogP contribution in [0.3, 0.4) is 0 Å². The molecule has 0 unspecified atom stereocenters. The van der Waals surface area contributed by atoms with Gasteiger partial charge in [-0.2, -0.15) is 0 Å². The zero-order valence-corrected chi connectivity index (χ0v) is 10.2. The van der Waals surface area contributed by atoms with Crippen LogP contribution in [-0.2, 0) is 6.54 Å². The summed E-state index contributed by atoms with van der Waals surface area (Å²) in [5, 5.41) is 0. The van der Waals surface area contributed by atoms with E-state index in [0.29, 0.717) is 11.2 Å². The molecular weight excluding hydrogens is 198 g/mol. The molecule has 1 aliphatic rings. The second-order valence-corrected chi connectivity index (χ2v) is 5.57. The first-order valence-electron chi connectivity index (χ1n) is 5.98. The first-order chi connectivity index (χ1) is 7.55. The molecule has 1 saturated heterocycles. The fourth-order valence-corrected chi connectivity index (χ4v) is 2.47. The van der Waals surface area contributed by atoms with Gasteiger partial charge in [-0.05, 0) is 36.4 Å². The number of pyridine rings is 1. The van der Waals surface area contributed by atoms with Crippen LogP contribution in [0.25, 0.3) is 0 Å². The van der Waals surface area contributed by atoms with E-state index in [2.05, 4.69) is 29.8 Å². The van der Waals surface area contributed by atoms with Crippen LogP contribution >= 0.6 is 0 Å². The number of rotatable bonds is 2. The summed E-state index contributed by atoms with van der Waals surface area (Å²) in [6.45, 7) is 8.07. The largest absolute Gasteiger partial charge is 0.384 e. The minimum Gasteiger partial charge on any atom is -0.384 e. The van der Waals surface area contributed by atoms with E-state index in [1.807, 2.05) is 12.3 Å². The van der Waals surface area contributed by atoms with E-state index in [1.54, 1.807) is 0 Å². The molecule has 3 heteroatoms. The Kier molecular flexibility index (Phi) is 3.15. The number of nitrogens with zero attached hydrogens (tertiary/aromatic N) is 2. The van der Waals surface area contributed by atoms with Crippen LogP contribution in [0.1, 0.15) is 32.3 Å². The summed E-state index contributed by atoms with van der Waals surface area (Å²) in [4.78, 5) is 6.64. The highest BCUT2D eigenvalue weighted by Gasteiger charge is 2.25. The third-order valence-electron chi connectivity index (χ3n) is 3.23. The van der Waals surface area contributed by atoms with E-state index in [4.69, 9.17) is 5.73 Å². The van der Waals surface area contributed by atoms with E-state index < -0.39 is 0 Å². The predicted molar refractivity (Wildman–Crippen MR) is 66.9 cm³/mol. The highest BCUT2D eigenvalue weighted by molar-refractivity contribution is 5.29. The van der Waals surface area contributed by atoms with Gasteiger partial charge in [-0.3, -0.25) is 4.90 Å². The van der Waals surface area contributed by atoms with Gasteiger partial charge in [-0.25, -0.2) is 4.98 Å². The number of hydrogen-bond acceptors (Lipinski definition) is 3. The lowest BCUT2D eigenvalue weighted by Crippen LogP contribution is -2.39. The maximum atomic E-state index is 5.58. The summed E-state index contributed by atoms with van der Waals surface area (Å²) >= 11 is 0. The topological polar surface area (TPSA) is 42.1 Å². The lowest BCUT2D eigenvalue weighted by atomic mass is 9.84. The van der Waals surface area contributed by atoms with Gasteiger partial charge in [-0.15, -0.1) is 0 Å². The van der Waals surface area contributed by atoms with Crippen LogP contribution in [0, 0.1) is 5.41 Å². The average Bonchev–Trinajstić information content (AvgIpc) is 2.20. The van der Waals surface area contributed by atoms with Crippen molar-refractivity contribution < 1.29 is 0 Å². The average molecular weight is 219 g/mol. The summed E-state index contributed by atoms with van der Waals surface area (Å²) < 4.78 is 0. The van der Waals surface area contributed by atoms with Crippen molar-refractivity contribution in [2.75, 3.05) is 18.8 Å². The summed E-state index contributed by atoms with van der Waals surface area (Å²) in [5.74, 6) is 0.600. The van der Waals surface area contributed by atoms with Gasteiger partial charge in [0.05, 0.1) is 0 Å². The number of hydrogen-bond donors (Lipinski definition) is 1. The summed E-state index contributed by atoms with van der Waals surface area (Å²) in [7, 11) is 0. The van der Waals surface area contributed by atoms with Crippen LogP contribution in [0.4, 0.5) is 5.82 Å². The van der Waals surface area contributed by atoms with Crippen molar-refractivity contribution in [2.45, 2.75) is 33.2 Å². The molecule has 0 aromatic carbocycles. The number of anilines is 1. The number of aromatic nitrogens is 1. The molecule has 88 valence electrons. The summed E-state index contributed by atoms with van der Waals surface area (Å²) in [6, 6.07) is 3.95. The number of piperidine rings is 1. The van der Waals surface area contributed by atoms with E-state index in [0.717, 1.165) is 6.54 Å². The molecule has 0 atom stereocenters. The zero-order chi connectivity index (χ0) is 11.6. The van der Waals surface area contributed by atoms with E-state index in [9.17, 15) is 0 Å². The monoisotopic (exact) mass is 219 g/mol. The minimum atomic E-state index is 0.458. The number of nitrogen functional groups attached to an aromatic ring is 1. The first-order valence-corrected chi connectivity index (χ1v) is 5.98. The van der Waals surface area contributed by atoms with Crippen LogP contribution in [0.5, 0.6) is 0 Å². The Bertz CT molecular complexity index is 343. The second kappa shape index (κ2) is 4.42. The van der Waals surface area contributed by atoms with E-state index >= 15 is 0 Å². The van der Waals surface area contributed by atoms with Crippen molar-refractivity contribution in [1.29, 1.82) is 0 Å². The van der Waals surface area contributed by atoms with Crippen molar-refractivity contribution in [3.8, 4) is 0 Å². The first kappa shape index (κ1) is 11.4. The van der Waals surface area contributed by atoms with Crippen LogP contribution < -0.4 is 5.73 Å². The summed E-state index contributed by atoms with van der Waals surface area (Å²) in [5.41, 5.74) is 7.29. The van der Waals surface area contributed by atoms with Gasteiger partial charge < -0.3 is 5.73 Å². The zero-order valence-electron chi connectivity index (χ0n) is 10.2. The van der Waals surface area contributed by atoms with Gasteiger partial charge in [0.15, 0.2) is 0 Å². The molecule has 0 bridgehead atoms. The highest BCUT2D eigenvalue weighted by atomic mass is 15.1. The Labute approximate surface area is 97.7 Å².